The summed E-state index contributed by atoms with van der Waals surface area (Å²) < 4.78 is 0. The van der Waals surface area contributed by atoms with E-state index in [0.717, 1.165) is 25.7 Å². The second-order valence-electron chi connectivity index (χ2n) is 3.50. The van der Waals surface area contributed by atoms with Gasteiger partial charge < -0.3 is 0 Å². The van der Waals surface area contributed by atoms with Crippen LogP contribution in [0.1, 0.15) is 39.0 Å². The standard InChI is InChI=1S/C9H13NO/c1-9(6-3-7-10)5-2-4-8(9)11/h2-6H2,1H3. The van der Waals surface area contributed by atoms with Crippen LogP contribution in [0.4, 0.5) is 0 Å². The SMILES string of the molecule is CC1(CCC#N)CCCC1=O. The van der Waals surface area contributed by atoms with Crippen molar-refractivity contribution in [3.05, 3.63) is 0 Å². The van der Waals surface area contributed by atoms with Crippen LogP contribution in [0.15, 0.2) is 0 Å². The highest BCUT2D eigenvalue weighted by Crippen LogP contribution is 2.37. The molecule has 1 aliphatic carbocycles. The summed E-state index contributed by atoms with van der Waals surface area (Å²) in [6.07, 6.45) is 3.99. The van der Waals surface area contributed by atoms with Gasteiger partial charge in [0, 0.05) is 18.3 Å². The first-order valence-corrected chi connectivity index (χ1v) is 4.09. The molecule has 1 saturated carbocycles. The van der Waals surface area contributed by atoms with Crippen LogP contribution >= 0.6 is 0 Å². The molecule has 0 aromatic carbocycles. The van der Waals surface area contributed by atoms with Crippen LogP contribution in [0, 0.1) is 16.7 Å². The molecule has 0 heterocycles. The van der Waals surface area contributed by atoms with Gasteiger partial charge >= 0.3 is 0 Å². The van der Waals surface area contributed by atoms with E-state index in [-0.39, 0.29) is 5.41 Å². The van der Waals surface area contributed by atoms with Gasteiger partial charge in [-0.1, -0.05) is 6.92 Å². The smallest absolute Gasteiger partial charge is 0.138 e. The molecule has 11 heavy (non-hydrogen) atoms. The first-order chi connectivity index (χ1) is 5.19. The Balaban J connectivity index is 2.52. The van der Waals surface area contributed by atoms with E-state index in [2.05, 4.69) is 6.07 Å². The average Bonchev–Trinajstić information content (AvgIpc) is 2.30. The number of hydrogen-bond donors (Lipinski definition) is 0. The Morgan fingerprint density at radius 3 is 2.91 bits per heavy atom. The minimum Gasteiger partial charge on any atom is -0.299 e. The van der Waals surface area contributed by atoms with Crippen LogP contribution in [-0.2, 0) is 4.79 Å². The third-order valence-corrected chi connectivity index (χ3v) is 2.59. The van der Waals surface area contributed by atoms with Crippen LogP contribution in [0.2, 0.25) is 0 Å². The summed E-state index contributed by atoms with van der Waals surface area (Å²) in [5.41, 5.74) is -0.157. The lowest BCUT2D eigenvalue weighted by atomic mass is 9.83. The van der Waals surface area contributed by atoms with E-state index in [1.807, 2.05) is 6.92 Å². The summed E-state index contributed by atoms with van der Waals surface area (Å²) in [6.45, 7) is 1.99. The Labute approximate surface area is 67.2 Å². The molecule has 0 aliphatic heterocycles. The number of ketones is 1. The molecule has 2 heteroatoms. The number of rotatable bonds is 2. The number of nitrogens with zero attached hydrogens (tertiary/aromatic N) is 1. The predicted octanol–water partition coefficient (Wildman–Crippen LogP) is 2.05. The molecule has 1 unspecified atom stereocenters. The fraction of sp³-hybridized carbons (Fsp3) is 0.778. The van der Waals surface area contributed by atoms with Gasteiger partial charge in [0.15, 0.2) is 0 Å². The Morgan fingerprint density at radius 1 is 1.73 bits per heavy atom. The summed E-state index contributed by atoms with van der Waals surface area (Å²) in [5.74, 6) is 0.354. The van der Waals surface area contributed by atoms with Crippen LogP contribution in [-0.4, -0.2) is 5.78 Å². The summed E-state index contributed by atoms with van der Waals surface area (Å²) in [4.78, 5) is 11.3. The van der Waals surface area contributed by atoms with Gasteiger partial charge in [0.1, 0.15) is 5.78 Å². The fourth-order valence-electron chi connectivity index (χ4n) is 1.68. The zero-order chi connectivity index (χ0) is 8.32. The van der Waals surface area contributed by atoms with E-state index in [1.54, 1.807) is 0 Å². The molecule has 0 N–H and O–H groups in total. The second kappa shape index (κ2) is 3.04. The summed E-state index contributed by atoms with van der Waals surface area (Å²) in [7, 11) is 0. The van der Waals surface area contributed by atoms with Gasteiger partial charge in [-0.25, -0.2) is 0 Å². The van der Waals surface area contributed by atoms with Crippen molar-refractivity contribution < 1.29 is 4.79 Å². The number of carbonyl (C=O) groups is 1. The van der Waals surface area contributed by atoms with Crippen molar-refractivity contribution in [3.8, 4) is 6.07 Å². The maximum Gasteiger partial charge on any atom is 0.138 e. The average molecular weight is 151 g/mol. The largest absolute Gasteiger partial charge is 0.299 e. The topological polar surface area (TPSA) is 40.9 Å². The molecular formula is C9H13NO. The Kier molecular flexibility index (Phi) is 2.28. The number of hydrogen-bond acceptors (Lipinski definition) is 2. The molecule has 0 saturated heterocycles. The highest BCUT2D eigenvalue weighted by molar-refractivity contribution is 5.86. The molecule has 1 atom stereocenters. The lowest BCUT2D eigenvalue weighted by Gasteiger charge is -2.19. The van der Waals surface area contributed by atoms with Gasteiger partial charge in [-0.05, 0) is 19.3 Å². The maximum atomic E-state index is 11.3. The predicted molar refractivity (Wildman–Crippen MR) is 41.8 cm³/mol. The molecule has 2 nitrogen and oxygen atoms in total. The van der Waals surface area contributed by atoms with Crippen molar-refractivity contribution in [1.29, 1.82) is 5.26 Å². The van der Waals surface area contributed by atoms with Gasteiger partial charge in [0.25, 0.3) is 0 Å². The summed E-state index contributed by atoms with van der Waals surface area (Å²) in [6, 6.07) is 2.09. The number of nitriles is 1. The van der Waals surface area contributed by atoms with Crippen LogP contribution in [0.5, 0.6) is 0 Å². The molecular weight excluding hydrogens is 138 g/mol. The number of carbonyl (C=O) groups excluding carboxylic acids is 1. The molecule has 0 aromatic rings. The summed E-state index contributed by atoms with van der Waals surface area (Å²) in [5, 5.41) is 8.37. The van der Waals surface area contributed by atoms with Crippen LogP contribution < -0.4 is 0 Å². The molecule has 60 valence electrons. The monoisotopic (exact) mass is 151 g/mol. The third-order valence-electron chi connectivity index (χ3n) is 2.59. The van der Waals surface area contributed by atoms with E-state index >= 15 is 0 Å². The highest BCUT2D eigenvalue weighted by atomic mass is 16.1. The van der Waals surface area contributed by atoms with Crippen molar-refractivity contribution in [2.24, 2.45) is 5.41 Å². The van der Waals surface area contributed by atoms with E-state index in [9.17, 15) is 4.79 Å². The van der Waals surface area contributed by atoms with E-state index < -0.39 is 0 Å². The van der Waals surface area contributed by atoms with Crippen molar-refractivity contribution in [2.45, 2.75) is 39.0 Å². The number of Topliss-reactive ketones (excluding diaryl/α,β-unsaturated/α-hetero) is 1. The minimum absolute atomic E-state index is 0.157. The molecule has 1 rings (SSSR count). The zero-order valence-corrected chi connectivity index (χ0v) is 6.89. The quantitative estimate of drug-likeness (QED) is 0.606. The molecule has 1 aliphatic rings. The van der Waals surface area contributed by atoms with Gasteiger partial charge in [0.05, 0.1) is 6.07 Å². The van der Waals surface area contributed by atoms with Crippen LogP contribution in [0.25, 0.3) is 0 Å². The highest BCUT2D eigenvalue weighted by Gasteiger charge is 2.36. The van der Waals surface area contributed by atoms with Gasteiger partial charge in [0.2, 0.25) is 0 Å². The lowest BCUT2D eigenvalue weighted by molar-refractivity contribution is -0.125. The minimum atomic E-state index is -0.157. The summed E-state index contributed by atoms with van der Waals surface area (Å²) >= 11 is 0. The molecule has 1 fully saturated rings. The molecule has 0 radical (unpaired) electrons. The molecule has 0 amide bonds. The van der Waals surface area contributed by atoms with Crippen molar-refractivity contribution in [1.82, 2.24) is 0 Å². The second-order valence-corrected chi connectivity index (χ2v) is 3.50. The van der Waals surface area contributed by atoms with Crippen LogP contribution in [0.3, 0.4) is 0 Å². The lowest BCUT2D eigenvalue weighted by Crippen LogP contribution is -2.20. The van der Waals surface area contributed by atoms with Crippen molar-refractivity contribution in [3.63, 3.8) is 0 Å². The van der Waals surface area contributed by atoms with Gasteiger partial charge in [-0.3, -0.25) is 4.79 Å². The maximum absolute atomic E-state index is 11.3. The molecule has 0 spiro atoms. The molecule has 0 bridgehead atoms. The van der Waals surface area contributed by atoms with Gasteiger partial charge in [-0.2, -0.15) is 5.26 Å². The van der Waals surface area contributed by atoms with E-state index in [4.69, 9.17) is 5.26 Å². The Bertz CT molecular complexity index is 204. The van der Waals surface area contributed by atoms with E-state index in [0.29, 0.717) is 12.2 Å². The van der Waals surface area contributed by atoms with Crippen molar-refractivity contribution >= 4 is 5.78 Å². The third kappa shape index (κ3) is 1.59. The molecule has 0 aromatic heterocycles. The normalized spacial score (nSPS) is 30.4. The first kappa shape index (κ1) is 8.26. The van der Waals surface area contributed by atoms with Crippen molar-refractivity contribution in [2.75, 3.05) is 0 Å². The zero-order valence-electron chi connectivity index (χ0n) is 6.89. The fourth-order valence-corrected chi connectivity index (χ4v) is 1.68. The van der Waals surface area contributed by atoms with Gasteiger partial charge in [-0.15, -0.1) is 0 Å². The Hall–Kier alpha value is -0.840. The van der Waals surface area contributed by atoms with E-state index in [1.165, 1.54) is 0 Å². The first-order valence-electron chi connectivity index (χ1n) is 4.09. The Morgan fingerprint density at radius 2 is 2.45 bits per heavy atom.